The van der Waals surface area contributed by atoms with E-state index in [2.05, 4.69) is 170 Å². The van der Waals surface area contributed by atoms with Gasteiger partial charge in [0.2, 0.25) is 11.5 Å². The van der Waals surface area contributed by atoms with E-state index >= 15 is 0 Å². The predicted molar refractivity (Wildman–Crippen MR) is 256 cm³/mol. The van der Waals surface area contributed by atoms with Crippen LogP contribution in [0.25, 0.3) is 22.3 Å². The van der Waals surface area contributed by atoms with Gasteiger partial charge in [0.15, 0.2) is 23.0 Å². The molecule has 0 aliphatic carbocycles. The van der Waals surface area contributed by atoms with Crippen molar-refractivity contribution < 1.29 is 28.4 Å². The lowest BCUT2D eigenvalue weighted by molar-refractivity contribution is 0.324. The zero-order chi connectivity index (χ0) is 43.8. The number of benzene rings is 8. The van der Waals surface area contributed by atoms with Gasteiger partial charge in [0.25, 0.3) is 0 Å². The van der Waals surface area contributed by atoms with Crippen LogP contribution in [-0.2, 0) is 9.49 Å². The summed E-state index contributed by atoms with van der Waals surface area (Å²) in [6, 6.07) is 68.8. The Morgan fingerprint density at radius 2 is 0.556 bits per heavy atom. The first-order chi connectivity index (χ1) is 31.0. The number of ether oxygens (including phenoxy) is 6. The second-order valence-electron chi connectivity index (χ2n) is 14.8. The van der Waals surface area contributed by atoms with Crippen molar-refractivity contribution in [2.24, 2.45) is 0 Å². The minimum atomic E-state index is -0.895. The van der Waals surface area contributed by atoms with Crippen molar-refractivity contribution in [3.05, 3.63) is 228 Å². The summed E-state index contributed by atoms with van der Waals surface area (Å²) in [7, 11) is 9.87. The third-order valence-electron chi connectivity index (χ3n) is 11.6. The monoisotopic (exact) mass is 850 g/mol. The summed E-state index contributed by atoms with van der Waals surface area (Å²) in [6.07, 6.45) is 0. The highest BCUT2D eigenvalue weighted by Gasteiger charge is 2.50. The summed E-state index contributed by atoms with van der Waals surface area (Å²) in [6.45, 7) is 0. The second-order valence-corrected chi connectivity index (χ2v) is 16.3. The molecule has 0 N–H and O–H groups in total. The molecule has 0 saturated heterocycles. The fraction of sp³-hybridized carbons (Fsp3) is 0.143. The van der Waals surface area contributed by atoms with E-state index in [0.717, 1.165) is 55.6 Å². The quantitative estimate of drug-likeness (QED) is 0.0898. The molecule has 316 valence electrons. The Hall–Kier alpha value is -7.09. The zero-order valence-electron chi connectivity index (χ0n) is 36.3. The van der Waals surface area contributed by atoms with E-state index < -0.39 is 9.49 Å². The van der Waals surface area contributed by atoms with Gasteiger partial charge < -0.3 is 28.4 Å². The molecule has 0 aromatic heterocycles. The Kier molecular flexibility index (Phi) is 12.8. The fourth-order valence-electron chi connectivity index (χ4n) is 8.78. The molecule has 8 aromatic rings. The highest BCUT2D eigenvalue weighted by Crippen LogP contribution is 2.64. The molecule has 0 amide bonds. The van der Waals surface area contributed by atoms with Crippen molar-refractivity contribution in [1.82, 2.24) is 0 Å². The molecule has 0 radical (unpaired) electrons. The molecular weight excluding hydrogens is 801 g/mol. The van der Waals surface area contributed by atoms with E-state index in [9.17, 15) is 0 Å². The lowest BCUT2D eigenvalue weighted by Crippen LogP contribution is -2.36. The van der Waals surface area contributed by atoms with Crippen molar-refractivity contribution >= 4 is 11.8 Å². The Morgan fingerprint density at radius 1 is 0.302 bits per heavy atom. The minimum absolute atomic E-state index is 0.531. The molecule has 6 nitrogen and oxygen atoms in total. The van der Waals surface area contributed by atoms with Crippen LogP contribution < -0.4 is 28.4 Å². The van der Waals surface area contributed by atoms with Gasteiger partial charge in [0, 0.05) is 0 Å². The van der Waals surface area contributed by atoms with Gasteiger partial charge in [-0.25, -0.2) is 0 Å². The van der Waals surface area contributed by atoms with Crippen LogP contribution >= 0.6 is 11.8 Å². The number of methoxy groups -OCH3 is 6. The number of hydrogen-bond donors (Lipinski definition) is 0. The summed E-state index contributed by atoms with van der Waals surface area (Å²) in [4.78, 5) is 0. The van der Waals surface area contributed by atoms with Gasteiger partial charge in [-0.15, -0.1) is 11.8 Å². The van der Waals surface area contributed by atoms with Crippen molar-refractivity contribution in [2.75, 3.05) is 42.7 Å². The van der Waals surface area contributed by atoms with Gasteiger partial charge in [-0.3, -0.25) is 0 Å². The van der Waals surface area contributed by atoms with E-state index in [1.165, 1.54) is 0 Å². The fourth-order valence-corrected chi connectivity index (χ4v) is 10.8. The van der Waals surface area contributed by atoms with Crippen LogP contribution in [-0.4, -0.2) is 42.7 Å². The Bertz CT molecular complexity index is 2460. The first-order valence-corrected chi connectivity index (χ1v) is 21.5. The van der Waals surface area contributed by atoms with Gasteiger partial charge >= 0.3 is 0 Å². The van der Waals surface area contributed by atoms with Gasteiger partial charge in [-0.2, -0.15) is 0 Å². The molecule has 0 bridgehead atoms. The van der Waals surface area contributed by atoms with E-state index in [0.29, 0.717) is 34.5 Å². The average molecular weight is 851 g/mol. The normalized spacial score (nSPS) is 11.4. The summed E-state index contributed by atoms with van der Waals surface area (Å²) < 4.78 is 33.7. The lowest BCUT2D eigenvalue weighted by Gasteiger charge is -2.46. The van der Waals surface area contributed by atoms with E-state index in [1.807, 2.05) is 36.0 Å². The highest BCUT2D eigenvalue weighted by molar-refractivity contribution is 8.02. The third kappa shape index (κ3) is 7.74. The first kappa shape index (κ1) is 42.6. The van der Waals surface area contributed by atoms with Crippen LogP contribution in [0.2, 0.25) is 0 Å². The number of hydrogen-bond acceptors (Lipinski definition) is 7. The SMILES string of the molecule is COc1cc(-c2ccccc2C(SC(c2ccccc2)(c2ccccc2)c2ccccc2-c2cc(OC)c(OC)c(OC)c2)(c2ccccc2)c2ccccc2)cc(OC)c1OC. The molecule has 8 aromatic carbocycles. The number of rotatable bonds is 16. The summed E-state index contributed by atoms with van der Waals surface area (Å²) >= 11 is 1.90. The van der Waals surface area contributed by atoms with Gasteiger partial charge in [0.1, 0.15) is 0 Å². The molecule has 0 spiro atoms. The van der Waals surface area contributed by atoms with Crippen molar-refractivity contribution in [3.63, 3.8) is 0 Å². The minimum Gasteiger partial charge on any atom is -0.493 e. The van der Waals surface area contributed by atoms with Crippen LogP contribution in [0, 0.1) is 0 Å². The van der Waals surface area contributed by atoms with Crippen LogP contribution in [0.15, 0.2) is 194 Å². The average Bonchev–Trinajstić information content (AvgIpc) is 3.37. The molecule has 0 fully saturated rings. The largest absolute Gasteiger partial charge is 0.493 e. The summed E-state index contributed by atoms with van der Waals surface area (Å²) in [5, 5.41) is 0. The van der Waals surface area contributed by atoms with Crippen LogP contribution in [0.3, 0.4) is 0 Å². The second kappa shape index (κ2) is 18.9. The maximum atomic E-state index is 5.96. The molecule has 0 unspecified atom stereocenters. The standard InChI is InChI=1S/C56H50O6S/c1-57-49-35-39(36-50(58-2)53(49)61-5)45-31-19-21-33-47(45)55(41-23-11-7-12-24-41,42-25-13-8-14-26-42)63-56(43-27-15-9-16-28-43,44-29-17-10-18-30-44)48-34-22-20-32-46(48)40-37-51(59-3)54(62-6)52(38-40)60-4/h7-38H,1-6H3. The molecule has 7 heteroatoms. The van der Waals surface area contributed by atoms with Crippen LogP contribution in [0.4, 0.5) is 0 Å². The van der Waals surface area contributed by atoms with Crippen molar-refractivity contribution in [3.8, 4) is 56.8 Å². The van der Waals surface area contributed by atoms with Gasteiger partial charge in [-0.05, 0) is 79.9 Å². The first-order valence-electron chi connectivity index (χ1n) is 20.7. The predicted octanol–water partition coefficient (Wildman–Crippen LogP) is 13.1. The molecule has 0 atom stereocenters. The van der Waals surface area contributed by atoms with Crippen molar-refractivity contribution in [1.29, 1.82) is 0 Å². The topological polar surface area (TPSA) is 55.4 Å². The van der Waals surface area contributed by atoms with Crippen molar-refractivity contribution in [2.45, 2.75) is 9.49 Å². The van der Waals surface area contributed by atoms with Crippen LogP contribution in [0.5, 0.6) is 34.5 Å². The third-order valence-corrected chi connectivity index (χ3v) is 13.6. The number of thioether (sulfide) groups is 1. The van der Waals surface area contributed by atoms with Gasteiger partial charge in [0.05, 0.1) is 52.2 Å². The Labute approximate surface area is 375 Å². The molecule has 0 heterocycles. The maximum absolute atomic E-state index is 5.96. The molecular formula is C56H50O6S. The summed E-state index contributed by atoms with van der Waals surface area (Å²) in [5.41, 5.74) is 10.4. The highest BCUT2D eigenvalue weighted by atomic mass is 32.2. The van der Waals surface area contributed by atoms with E-state index in [-0.39, 0.29) is 0 Å². The zero-order valence-corrected chi connectivity index (χ0v) is 37.1. The smallest absolute Gasteiger partial charge is 0.203 e. The molecule has 0 aliphatic rings. The molecule has 0 saturated carbocycles. The van der Waals surface area contributed by atoms with Gasteiger partial charge in [-0.1, -0.05) is 170 Å². The van der Waals surface area contributed by atoms with E-state index in [1.54, 1.807) is 42.7 Å². The van der Waals surface area contributed by atoms with Crippen LogP contribution in [0.1, 0.15) is 33.4 Å². The molecule has 63 heavy (non-hydrogen) atoms. The summed E-state index contributed by atoms with van der Waals surface area (Å²) in [5.74, 6) is 3.35. The maximum Gasteiger partial charge on any atom is 0.203 e. The molecule has 8 rings (SSSR count). The van der Waals surface area contributed by atoms with E-state index in [4.69, 9.17) is 28.4 Å². The Morgan fingerprint density at radius 3 is 0.810 bits per heavy atom. The molecule has 0 aliphatic heterocycles. The lowest BCUT2D eigenvalue weighted by atomic mass is 9.79. The Balaban J connectivity index is 1.55.